The number of aryl methyl sites for hydroxylation is 1. The van der Waals surface area contributed by atoms with E-state index in [-0.39, 0.29) is 17.7 Å². The quantitative estimate of drug-likeness (QED) is 0.884. The second kappa shape index (κ2) is 4.86. The van der Waals surface area contributed by atoms with Crippen LogP contribution in [0, 0.1) is 12.8 Å². The molecule has 1 aliphatic carbocycles. The smallest absolute Gasteiger partial charge is 0.229 e. The van der Waals surface area contributed by atoms with Gasteiger partial charge in [0.05, 0.1) is 10.7 Å². The largest absolute Gasteiger partial charge is 0.310 e. The van der Waals surface area contributed by atoms with Gasteiger partial charge in [-0.2, -0.15) is 0 Å². The summed E-state index contributed by atoms with van der Waals surface area (Å²) in [6, 6.07) is 1.53. The Morgan fingerprint density at radius 3 is 3.05 bits per heavy atom. The van der Waals surface area contributed by atoms with E-state index in [1.165, 1.54) is 12.4 Å². The molecule has 2 aromatic rings. The summed E-state index contributed by atoms with van der Waals surface area (Å²) in [5, 5.41) is 6.12. The molecule has 19 heavy (non-hydrogen) atoms. The van der Waals surface area contributed by atoms with Crippen molar-refractivity contribution >= 4 is 34.7 Å². The minimum Gasteiger partial charge on any atom is -0.310 e. The van der Waals surface area contributed by atoms with Crippen molar-refractivity contribution in [2.24, 2.45) is 5.92 Å². The Hall–Kier alpha value is -1.53. The molecule has 1 N–H and O–H groups in total. The molecule has 0 spiro atoms. The van der Waals surface area contributed by atoms with Gasteiger partial charge < -0.3 is 5.32 Å². The number of nitrogens with zero attached hydrogens (tertiary/aromatic N) is 3. The Balaban J connectivity index is 1.64. The monoisotopic (exact) mass is 294 g/mol. The molecule has 2 heterocycles. The van der Waals surface area contributed by atoms with E-state index >= 15 is 0 Å². The molecule has 1 saturated carbocycles. The summed E-state index contributed by atoms with van der Waals surface area (Å²) in [6.07, 6.45) is 2.17. The molecule has 0 saturated heterocycles. The fraction of sp³-hybridized carbons (Fsp3) is 0.333. The van der Waals surface area contributed by atoms with Gasteiger partial charge in [0.1, 0.15) is 17.3 Å². The summed E-state index contributed by atoms with van der Waals surface area (Å²) >= 11 is 7.35. The van der Waals surface area contributed by atoms with E-state index in [2.05, 4.69) is 20.3 Å². The standard InChI is InChI=1S/C12H11ClN4OS/c1-6-16-9(4-19-6)7-2-8(7)12(18)17-11-3-10(13)14-5-15-11/h3-5,7-8H,2H2,1H3,(H,14,15,17,18)/t7-,8-/m0/s1. The average Bonchev–Trinajstić information content (AvgIpc) is 3.05. The Bertz CT molecular complexity index is 630. The van der Waals surface area contributed by atoms with Gasteiger partial charge in [-0.15, -0.1) is 11.3 Å². The van der Waals surface area contributed by atoms with Crippen LogP contribution in [0.3, 0.4) is 0 Å². The number of halogens is 1. The molecule has 3 rings (SSSR count). The van der Waals surface area contributed by atoms with Gasteiger partial charge in [-0.1, -0.05) is 11.6 Å². The first-order valence-corrected chi connectivity index (χ1v) is 7.09. The number of hydrogen-bond acceptors (Lipinski definition) is 5. The molecule has 7 heteroatoms. The van der Waals surface area contributed by atoms with Crippen LogP contribution in [0.4, 0.5) is 5.82 Å². The lowest BCUT2D eigenvalue weighted by Gasteiger charge is -2.03. The first kappa shape index (κ1) is 12.5. The zero-order valence-electron chi connectivity index (χ0n) is 10.1. The van der Waals surface area contributed by atoms with E-state index in [4.69, 9.17) is 11.6 Å². The van der Waals surface area contributed by atoms with E-state index < -0.39 is 0 Å². The number of amides is 1. The maximum Gasteiger partial charge on any atom is 0.229 e. The molecule has 98 valence electrons. The number of carbonyl (C=O) groups excluding carboxylic acids is 1. The van der Waals surface area contributed by atoms with Crippen LogP contribution in [0.5, 0.6) is 0 Å². The van der Waals surface area contributed by atoms with Crippen LogP contribution in [0.1, 0.15) is 23.0 Å². The Morgan fingerprint density at radius 1 is 1.53 bits per heavy atom. The third-order valence-corrected chi connectivity index (χ3v) is 4.03. The number of carbonyl (C=O) groups is 1. The maximum absolute atomic E-state index is 12.0. The van der Waals surface area contributed by atoms with E-state index in [9.17, 15) is 4.79 Å². The predicted molar refractivity (Wildman–Crippen MR) is 73.4 cm³/mol. The van der Waals surface area contributed by atoms with Crippen LogP contribution in [-0.4, -0.2) is 20.9 Å². The summed E-state index contributed by atoms with van der Waals surface area (Å²) in [5.41, 5.74) is 1.02. The molecule has 0 bridgehead atoms. The van der Waals surface area contributed by atoms with Crippen molar-refractivity contribution < 1.29 is 4.79 Å². The summed E-state index contributed by atoms with van der Waals surface area (Å²) < 4.78 is 0. The zero-order chi connectivity index (χ0) is 13.4. The van der Waals surface area contributed by atoms with E-state index in [0.29, 0.717) is 11.0 Å². The number of nitrogens with one attached hydrogen (secondary N) is 1. The van der Waals surface area contributed by atoms with Gasteiger partial charge in [-0.05, 0) is 13.3 Å². The van der Waals surface area contributed by atoms with Crippen LogP contribution in [-0.2, 0) is 4.79 Å². The number of hydrogen-bond donors (Lipinski definition) is 1. The molecule has 5 nitrogen and oxygen atoms in total. The Kier molecular flexibility index (Phi) is 3.20. The number of anilines is 1. The first-order valence-electron chi connectivity index (χ1n) is 5.84. The van der Waals surface area contributed by atoms with Crippen LogP contribution in [0.25, 0.3) is 0 Å². The third kappa shape index (κ3) is 2.74. The topological polar surface area (TPSA) is 67.8 Å². The van der Waals surface area contributed by atoms with Gasteiger partial charge in [0.2, 0.25) is 5.91 Å². The number of rotatable bonds is 3. The van der Waals surface area contributed by atoms with E-state index in [0.717, 1.165) is 17.1 Å². The van der Waals surface area contributed by atoms with Crippen LogP contribution in [0.15, 0.2) is 17.8 Å². The van der Waals surface area contributed by atoms with Crippen molar-refractivity contribution in [2.75, 3.05) is 5.32 Å². The molecule has 0 aliphatic heterocycles. The van der Waals surface area contributed by atoms with Crippen molar-refractivity contribution in [3.8, 4) is 0 Å². The van der Waals surface area contributed by atoms with E-state index in [1.54, 1.807) is 11.3 Å². The molecular weight excluding hydrogens is 284 g/mol. The lowest BCUT2D eigenvalue weighted by molar-refractivity contribution is -0.117. The highest BCUT2D eigenvalue weighted by Crippen LogP contribution is 2.47. The minimum absolute atomic E-state index is 0.0183. The van der Waals surface area contributed by atoms with Crippen molar-refractivity contribution in [2.45, 2.75) is 19.3 Å². The SMILES string of the molecule is Cc1nc([C@H]2C[C@@H]2C(=O)Nc2cc(Cl)ncn2)cs1. The molecular formula is C12H11ClN4OS. The number of aromatic nitrogens is 3. The van der Waals surface area contributed by atoms with Gasteiger partial charge >= 0.3 is 0 Å². The van der Waals surface area contributed by atoms with Crippen LogP contribution in [0.2, 0.25) is 5.15 Å². The fourth-order valence-electron chi connectivity index (χ4n) is 1.98. The van der Waals surface area contributed by atoms with Crippen LogP contribution >= 0.6 is 22.9 Å². The van der Waals surface area contributed by atoms with Gasteiger partial charge in [0.15, 0.2) is 0 Å². The van der Waals surface area contributed by atoms with Gasteiger partial charge in [0, 0.05) is 23.3 Å². The molecule has 0 aromatic carbocycles. The van der Waals surface area contributed by atoms with Crippen molar-refractivity contribution in [1.82, 2.24) is 15.0 Å². The highest BCUT2D eigenvalue weighted by atomic mass is 35.5. The summed E-state index contributed by atoms with van der Waals surface area (Å²) in [6.45, 7) is 1.97. The minimum atomic E-state index is -0.0366. The first-order chi connectivity index (χ1) is 9.13. The Morgan fingerprint density at radius 2 is 2.37 bits per heavy atom. The molecule has 0 unspecified atom stereocenters. The summed E-state index contributed by atoms with van der Waals surface area (Å²) in [4.78, 5) is 24.2. The molecule has 2 atom stereocenters. The lowest BCUT2D eigenvalue weighted by atomic mass is 10.2. The average molecular weight is 295 g/mol. The highest BCUT2D eigenvalue weighted by Gasteiger charge is 2.45. The second-order valence-corrected chi connectivity index (χ2v) is 5.90. The molecule has 0 radical (unpaired) electrons. The third-order valence-electron chi connectivity index (χ3n) is 3.03. The summed E-state index contributed by atoms with van der Waals surface area (Å²) in [5.74, 6) is 0.619. The van der Waals surface area contributed by atoms with Crippen molar-refractivity contribution in [3.63, 3.8) is 0 Å². The molecule has 2 aromatic heterocycles. The van der Waals surface area contributed by atoms with Gasteiger partial charge in [-0.25, -0.2) is 15.0 Å². The van der Waals surface area contributed by atoms with E-state index in [1.807, 2.05) is 12.3 Å². The van der Waals surface area contributed by atoms with Gasteiger partial charge in [0.25, 0.3) is 0 Å². The van der Waals surface area contributed by atoms with Crippen molar-refractivity contribution in [3.05, 3.63) is 33.6 Å². The van der Waals surface area contributed by atoms with Crippen molar-refractivity contribution in [1.29, 1.82) is 0 Å². The lowest BCUT2D eigenvalue weighted by Crippen LogP contribution is -2.15. The Labute approximate surface area is 119 Å². The fourth-order valence-corrected chi connectivity index (χ4v) is 2.81. The summed E-state index contributed by atoms with van der Waals surface area (Å²) in [7, 11) is 0. The normalized spacial score (nSPS) is 21.2. The second-order valence-electron chi connectivity index (χ2n) is 4.46. The molecule has 1 fully saturated rings. The number of thiazole rings is 1. The zero-order valence-corrected chi connectivity index (χ0v) is 11.7. The maximum atomic E-state index is 12.0. The molecule has 1 amide bonds. The van der Waals surface area contributed by atoms with Gasteiger partial charge in [-0.3, -0.25) is 4.79 Å². The molecule has 1 aliphatic rings. The predicted octanol–water partition coefficient (Wildman–Crippen LogP) is 2.64. The van der Waals surface area contributed by atoms with Crippen LogP contribution < -0.4 is 5.32 Å². The highest BCUT2D eigenvalue weighted by molar-refractivity contribution is 7.09.